The molecule has 1 fully saturated rings. The SMILES string of the molecule is N#C/C(=C/N1CCCCC1CCO)C(=O)Nc1ccc(N)c(Cl)c1. The lowest BCUT2D eigenvalue weighted by molar-refractivity contribution is -0.112. The second-order valence-corrected chi connectivity index (χ2v) is 6.15. The van der Waals surface area contributed by atoms with E-state index in [9.17, 15) is 10.1 Å². The van der Waals surface area contributed by atoms with Crippen molar-refractivity contribution in [3.05, 3.63) is 35.0 Å². The van der Waals surface area contributed by atoms with Gasteiger partial charge < -0.3 is 21.1 Å². The van der Waals surface area contributed by atoms with Gasteiger partial charge >= 0.3 is 0 Å². The Morgan fingerprint density at radius 2 is 2.33 bits per heavy atom. The number of benzene rings is 1. The van der Waals surface area contributed by atoms with Crippen LogP contribution in [0, 0.1) is 11.3 Å². The van der Waals surface area contributed by atoms with Gasteiger partial charge in [-0.3, -0.25) is 4.79 Å². The number of piperidine rings is 1. The minimum Gasteiger partial charge on any atom is -0.398 e. The maximum absolute atomic E-state index is 12.3. The number of nitrogens with one attached hydrogen (secondary N) is 1. The summed E-state index contributed by atoms with van der Waals surface area (Å²) >= 11 is 5.93. The van der Waals surface area contributed by atoms with E-state index in [0.717, 1.165) is 25.8 Å². The van der Waals surface area contributed by atoms with Crippen LogP contribution in [-0.4, -0.2) is 35.1 Å². The zero-order chi connectivity index (χ0) is 17.5. The lowest BCUT2D eigenvalue weighted by Crippen LogP contribution is -2.37. The molecule has 1 atom stereocenters. The van der Waals surface area contributed by atoms with Gasteiger partial charge in [0, 0.05) is 31.1 Å². The van der Waals surface area contributed by atoms with Crippen molar-refractivity contribution in [3.63, 3.8) is 0 Å². The number of aliphatic hydroxyl groups excluding tert-OH is 1. The largest absolute Gasteiger partial charge is 0.398 e. The molecule has 2 rings (SSSR count). The van der Waals surface area contributed by atoms with E-state index in [2.05, 4.69) is 5.32 Å². The first kappa shape index (κ1) is 18.1. The smallest absolute Gasteiger partial charge is 0.267 e. The van der Waals surface area contributed by atoms with Crippen LogP contribution < -0.4 is 11.1 Å². The highest BCUT2D eigenvalue weighted by atomic mass is 35.5. The molecule has 1 amide bonds. The van der Waals surface area contributed by atoms with E-state index < -0.39 is 5.91 Å². The minimum atomic E-state index is -0.494. The first-order chi connectivity index (χ1) is 11.5. The maximum Gasteiger partial charge on any atom is 0.267 e. The molecule has 1 aromatic rings. The summed E-state index contributed by atoms with van der Waals surface area (Å²) < 4.78 is 0. The number of amides is 1. The Bertz CT molecular complexity index is 667. The van der Waals surface area contributed by atoms with E-state index in [4.69, 9.17) is 22.4 Å². The van der Waals surface area contributed by atoms with Crippen molar-refractivity contribution in [2.75, 3.05) is 24.2 Å². The Labute approximate surface area is 146 Å². The number of nitrogen functional groups attached to an aromatic ring is 1. The Morgan fingerprint density at radius 1 is 1.54 bits per heavy atom. The number of carbonyl (C=O) groups is 1. The number of halogens is 1. The van der Waals surface area contributed by atoms with Crippen molar-refractivity contribution < 1.29 is 9.90 Å². The van der Waals surface area contributed by atoms with Crippen molar-refractivity contribution in [2.24, 2.45) is 0 Å². The Morgan fingerprint density at radius 3 is 3.00 bits per heavy atom. The van der Waals surface area contributed by atoms with Crippen LogP contribution in [0.1, 0.15) is 25.7 Å². The first-order valence-corrected chi connectivity index (χ1v) is 8.28. The summed E-state index contributed by atoms with van der Waals surface area (Å²) in [6.07, 6.45) is 5.27. The monoisotopic (exact) mass is 348 g/mol. The fourth-order valence-corrected chi connectivity index (χ4v) is 2.94. The van der Waals surface area contributed by atoms with Crippen LogP contribution in [0.3, 0.4) is 0 Å². The van der Waals surface area contributed by atoms with Gasteiger partial charge in [-0.2, -0.15) is 5.26 Å². The summed E-state index contributed by atoms with van der Waals surface area (Å²) in [6, 6.07) is 6.87. The lowest BCUT2D eigenvalue weighted by atomic mass is 10.00. The summed E-state index contributed by atoms with van der Waals surface area (Å²) in [5, 5.41) is 21.5. The lowest BCUT2D eigenvalue weighted by Gasteiger charge is -2.34. The standard InChI is InChI=1S/C17H21ClN4O2/c18-15-9-13(4-5-16(15)20)21-17(24)12(10-19)11-22-7-2-1-3-14(22)6-8-23/h4-5,9,11,14,23H,1-3,6-8,20H2,(H,21,24)/b12-11-. The summed E-state index contributed by atoms with van der Waals surface area (Å²) in [5.41, 5.74) is 6.56. The molecule has 6 nitrogen and oxygen atoms in total. The molecule has 1 heterocycles. The van der Waals surface area contributed by atoms with Crippen LogP contribution >= 0.6 is 11.6 Å². The molecule has 128 valence electrons. The molecule has 0 saturated carbocycles. The molecule has 0 spiro atoms. The van der Waals surface area contributed by atoms with Gasteiger partial charge in [-0.05, 0) is 43.9 Å². The van der Waals surface area contributed by atoms with E-state index in [0.29, 0.717) is 22.8 Å². The number of aliphatic hydroxyl groups is 1. The summed E-state index contributed by atoms with van der Waals surface area (Å²) in [4.78, 5) is 14.3. The zero-order valence-electron chi connectivity index (χ0n) is 13.3. The fraction of sp³-hybridized carbons (Fsp3) is 0.412. The van der Waals surface area contributed by atoms with Gasteiger partial charge in [0.25, 0.3) is 5.91 Å². The van der Waals surface area contributed by atoms with Crippen molar-refractivity contribution >= 4 is 28.9 Å². The topological polar surface area (TPSA) is 102 Å². The highest BCUT2D eigenvalue weighted by molar-refractivity contribution is 6.33. The number of hydrogen-bond donors (Lipinski definition) is 3. The van der Waals surface area contributed by atoms with Crippen LogP contribution in [0.25, 0.3) is 0 Å². The molecule has 1 aromatic carbocycles. The van der Waals surface area contributed by atoms with Gasteiger partial charge in [-0.1, -0.05) is 11.6 Å². The molecule has 1 unspecified atom stereocenters. The van der Waals surface area contributed by atoms with Crippen LogP contribution in [0.4, 0.5) is 11.4 Å². The summed E-state index contributed by atoms with van der Waals surface area (Å²) in [6.45, 7) is 0.865. The van der Waals surface area contributed by atoms with Crippen LogP contribution in [0.2, 0.25) is 5.02 Å². The molecule has 24 heavy (non-hydrogen) atoms. The highest BCUT2D eigenvalue weighted by Crippen LogP contribution is 2.24. The molecule has 1 aliphatic rings. The number of nitrogens with two attached hydrogens (primary N) is 1. The quantitative estimate of drug-likeness (QED) is 0.431. The predicted molar refractivity (Wildman–Crippen MR) is 94.2 cm³/mol. The average molecular weight is 349 g/mol. The third kappa shape index (κ3) is 4.63. The Hall–Kier alpha value is -2.23. The molecule has 1 saturated heterocycles. The molecule has 7 heteroatoms. The second kappa shape index (κ2) is 8.57. The first-order valence-electron chi connectivity index (χ1n) is 7.90. The molecular formula is C17H21ClN4O2. The molecule has 0 radical (unpaired) electrons. The van der Waals surface area contributed by atoms with E-state index in [1.807, 2.05) is 11.0 Å². The number of rotatable bonds is 5. The number of hydrogen-bond acceptors (Lipinski definition) is 5. The number of anilines is 2. The zero-order valence-corrected chi connectivity index (χ0v) is 14.1. The molecule has 4 N–H and O–H groups in total. The summed E-state index contributed by atoms with van der Waals surface area (Å²) in [7, 11) is 0. The van der Waals surface area contributed by atoms with Crippen molar-refractivity contribution in [1.82, 2.24) is 4.90 Å². The third-order valence-corrected chi connectivity index (χ3v) is 4.38. The van der Waals surface area contributed by atoms with Crippen LogP contribution in [0.15, 0.2) is 30.0 Å². The van der Waals surface area contributed by atoms with E-state index in [1.165, 1.54) is 0 Å². The molecule has 0 aromatic heterocycles. The van der Waals surface area contributed by atoms with Gasteiger partial charge in [-0.25, -0.2) is 0 Å². The molecule has 0 aliphatic carbocycles. The van der Waals surface area contributed by atoms with Crippen LogP contribution in [0.5, 0.6) is 0 Å². The van der Waals surface area contributed by atoms with E-state index in [-0.39, 0.29) is 18.2 Å². The van der Waals surface area contributed by atoms with E-state index in [1.54, 1.807) is 24.4 Å². The number of likely N-dealkylation sites (tertiary alicyclic amines) is 1. The molecule has 1 aliphatic heterocycles. The normalized spacial score (nSPS) is 18.1. The molecule has 0 bridgehead atoms. The third-order valence-electron chi connectivity index (χ3n) is 4.05. The number of nitriles is 1. The Balaban J connectivity index is 2.12. The number of carbonyl (C=O) groups excluding carboxylic acids is 1. The summed E-state index contributed by atoms with van der Waals surface area (Å²) in [5.74, 6) is -0.494. The fourth-order valence-electron chi connectivity index (χ4n) is 2.76. The van der Waals surface area contributed by atoms with Gasteiger partial charge in [0.15, 0.2) is 0 Å². The maximum atomic E-state index is 12.3. The Kier molecular flexibility index (Phi) is 6.47. The van der Waals surface area contributed by atoms with Gasteiger partial charge in [-0.15, -0.1) is 0 Å². The average Bonchev–Trinajstić information content (AvgIpc) is 2.57. The number of nitrogens with zero attached hydrogens (tertiary/aromatic N) is 2. The second-order valence-electron chi connectivity index (χ2n) is 5.74. The van der Waals surface area contributed by atoms with Crippen molar-refractivity contribution in [2.45, 2.75) is 31.7 Å². The minimum absolute atomic E-state index is 0.0211. The van der Waals surface area contributed by atoms with Crippen molar-refractivity contribution in [1.29, 1.82) is 5.26 Å². The molecular weight excluding hydrogens is 328 g/mol. The van der Waals surface area contributed by atoms with Gasteiger partial charge in [0.05, 0.1) is 10.7 Å². The van der Waals surface area contributed by atoms with Crippen molar-refractivity contribution in [3.8, 4) is 6.07 Å². The van der Waals surface area contributed by atoms with Crippen LogP contribution in [-0.2, 0) is 4.79 Å². The van der Waals surface area contributed by atoms with E-state index >= 15 is 0 Å². The highest BCUT2D eigenvalue weighted by Gasteiger charge is 2.21. The van der Waals surface area contributed by atoms with Gasteiger partial charge in [0.1, 0.15) is 11.6 Å². The van der Waals surface area contributed by atoms with Gasteiger partial charge in [0.2, 0.25) is 0 Å². The predicted octanol–water partition coefficient (Wildman–Crippen LogP) is 2.51.